The first-order valence-corrected chi connectivity index (χ1v) is 10.2. The Morgan fingerprint density at radius 1 is 0.821 bits per heavy atom. The molecule has 3 heteroatoms. The van der Waals surface area contributed by atoms with Crippen LogP contribution in [0.3, 0.4) is 0 Å². The first kappa shape index (κ1) is 17.3. The number of rotatable bonds is 3. The van der Waals surface area contributed by atoms with E-state index in [1.807, 2.05) is 0 Å². The third kappa shape index (κ3) is 3.27. The first-order chi connectivity index (χ1) is 13.8. The minimum absolute atomic E-state index is 0.294. The van der Waals surface area contributed by atoms with Crippen molar-refractivity contribution in [3.63, 3.8) is 0 Å². The molecular formula is C25H27N3. The van der Waals surface area contributed by atoms with Gasteiger partial charge in [-0.05, 0) is 54.3 Å². The highest BCUT2D eigenvalue weighted by atomic mass is 15.2. The van der Waals surface area contributed by atoms with Crippen LogP contribution in [0, 0.1) is 0 Å². The molecule has 0 amide bonds. The van der Waals surface area contributed by atoms with Gasteiger partial charge < -0.3 is 10.6 Å². The Labute approximate surface area is 167 Å². The van der Waals surface area contributed by atoms with Gasteiger partial charge in [0.15, 0.2) is 0 Å². The topological polar surface area (TPSA) is 27.3 Å². The molecule has 0 saturated heterocycles. The van der Waals surface area contributed by atoms with Gasteiger partial charge in [0.25, 0.3) is 0 Å². The largest absolute Gasteiger partial charge is 0.383 e. The van der Waals surface area contributed by atoms with E-state index in [2.05, 4.69) is 95.4 Å². The van der Waals surface area contributed by atoms with Crippen molar-refractivity contribution < 1.29 is 0 Å². The van der Waals surface area contributed by atoms with Crippen LogP contribution in [0.15, 0.2) is 72.8 Å². The second-order valence-electron chi connectivity index (χ2n) is 8.07. The number of benzene rings is 3. The van der Waals surface area contributed by atoms with Gasteiger partial charge in [-0.15, -0.1) is 0 Å². The summed E-state index contributed by atoms with van der Waals surface area (Å²) in [6, 6.07) is 27.1. The fraction of sp³-hybridized carbons (Fsp3) is 0.280. The molecular weight excluding hydrogens is 342 g/mol. The summed E-state index contributed by atoms with van der Waals surface area (Å²) in [5, 5.41) is 7.46. The van der Waals surface area contributed by atoms with Gasteiger partial charge in [0.1, 0.15) is 0 Å². The van der Waals surface area contributed by atoms with E-state index in [-0.39, 0.29) is 0 Å². The first-order valence-electron chi connectivity index (χ1n) is 10.2. The van der Waals surface area contributed by atoms with Crippen molar-refractivity contribution >= 4 is 11.4 Å². The van der Waals surface area contributed by atoms with Crippen LogP contribution in [-0.4, -0.2) is 31.1 Å². The van der Waals surface area contributed by atoms with Gasteiger partial charge in [0, 0.05) is 30.5 Å². The molecule has 0 spiro atoms. The summed E-state index contributed by atoms with van der Waals surface area (Å²) >= 11 is 0. The zero-order chi connectivity index (χ0) is 18.9. The number of anilines is 2. The summed E-state index contributed by atoms with van der Waals surface area (Å²) in [5.41, 5.74) is 8.22. The lowest BCUT2D eigenvalue weighted by molar-refractivity contribution is 0.237. The molecule has 0 bridgehead atoms. The smallest absolute Gasteiger partial charge is 0.0643 e. The molecule has 2 aliphatic heterocycles. The predicted molar refractivity (Wildman–Crippen MR) is 117 cm³/mol. The van der Waals surface area contributed by atoms with Crippen LogP contribution >= 0.6 is 0 Å². The summed E-state index contributed by atoms with van der Waals surface area (Å²) in [6.45, 7) is 1.98. The molecule has 2 N–H and O–H groups in total. The van der Waals surface area contributed by atoms with E-state index in [9.17, 15) is 0 Å². The van der Waals surface area contributed by atoms with Crippen molar-refractivity contribution in [2.75, 3.05) is 30.8 Å². The maximum absolute atomic E-state index is 3.84. The highest BCUT2D eigenvalue weighted by Gasteiger charge is 2.26. The lowest BCUT2D eigenvalue weighted by Gasteiger charge is -2.35. The Morgan fingerprint density at radius 3 is 2.36 bits per heavy atom. The van der Waals surface area contributed by atoms with Crippen LogP contribution in [0.1, 0.15) is 28.3 Å². The molecule has 0 radical (unpaired) electrons. The molecule has 28 heavy (non-hydrogen) atoms. The van der Waals surface area contributed by atoms with Crippen molar-refractivity contribution in [1.82, 2.24) is 4.90 Å². The summed E-state index contributed by atoms with van der Waals surface area (Å²) in [6.07, 6.45) is 2.10. The van der Waals surface area contributed by atoms with E-state index in [0.717, 1.165) is 25.9 Å². The van der Waals surface area contributed by atoms with Gasteiger partial charge in [-0.3, -0.25) is 4.90 Å². The van der Waals surface area contributed by atoms with Crippen LogP contribution in [-0.2, 0) is 12.8 Å². The monoisotopic (exact) mass is 369 g/mol. The fourth-order valence-corrected chi connectivity index (χ4v) is 4.64. The quantitative estimate of drug-likeness (QED) is 0.700. The molecule has 2 aliphatic rings. The van der Waals surface area contributed by atoms with Gasteiger partial charge in [-0.1, -0.05) is 60.7 Å². The van der Waals surface area contributed by atoms with Crippen LogP contribution in [0.2, 0.25) is 0 Å². The summed E-state index contributed by atoms with van der Waals surface area (Å²) in [7, 11) is 2.27. The van der Waals surface area contributed by atoms with Crippen LogP contribution in [0.25, 0.3) is 0 Å². The second-order valence-corrected chi connectivity index (χ2v) is 8.07. The zero-order valence-corrected chi connectivity index (χ0v) is 16.4. The molecule has 2 atom stereocenters. The van der Waals surface area contributed by atoms with Crippen LogP contribution in [0.4, 0.5) is 11.4 Å². The third-order valence-electron chi connectivity index (χ3n) is 6.25. The van der Waals surface area contributed by atoms with Crippen LogP contribution < -0.4 is 10.6 Å². The average molecular weight is 370 g/mol. The summed E-state index contributed by atoms with van der Waals surface area (Å²) in [5.74, 6) is 0. The van der Waals surface area contributed by atoms with Gasteiger partial charge in [0.05, 0.1) is 6.04 Å². The maximum atomic E-state index is 3.84. The number of hydrogen-bond donors (Lipinski definition) is 2. The number of hydrogen-bond acceptors (Lipinski definition) is 3. The van der Waals surface area contributed by atoms with E-state index < -0.39 is 0 Å². The number of nitrogens with one attached hydrogen (secondary N) is 2. The molecule has 2 unspecified atom stereocenters. The molecule has 2 heterocycles. The second kappa shape index (κ2) is 7.33. The van der Waals surface area contributed by atoms with E-state index >= 15 is 0 Å². The Balaban J connectivity index is 1.40. The highest BCUT2D eigenvalue weighted by molar-refractivity contribution is 5.58. The molecule has 142 valence electrons. The Morgan fingerprint density at radius 2 is 1.50 bits per heavy atom. The highest BCUT2D eigenvalue weighted by Crippen LogP contribution is 2.33. The molecule has 0 fully saturated rings. The minimum atomic E-state index is 0.294. The molecule has 0 aliphatic carbocycles. The third-order valence-corrected chi connectivity index (χ3v) is 6.25. The van der Waals surface area contributed by atoms with E-state index in [0.29, 0.717) is 12.1 Å². The molecule has 3 aromatic rings. The number of nitrogens with zero attached hydrogens (tertiary/aromatic N) is 1. The van der Waals surface area contributed by atoms with Crippen molar-refractivity contribution in [2.45, 2.75) is 24.9 Å². The number of para-hydroxylation sites is 2. The molecule has 3 nitrogen and oxygen atoms in total. The van der Waals surface area contributed by atoms with Crippen LogP contribution in [0.5, 0.6) is 0 Å². The SMILES string of the molecule is CN(CC1Nc2ccccc2Cc2ccccc21)C1CNc2ccccc2C1. The Kier molecular flexibility index (Phi) is 4.53. The normalized spacial score (nSPS) is 20.2. The summed E-state index contributed by atoms with van der Waals surface area (Å²) < 4.78 is 0. The van der Waals surface area contributed by atoms with Crippen molar-refractivity contribution in [2.24, 2.45) is 0 Å². The molecule has 5 rings (SSSR count). The van der Waals surface area contributed by atoms with E-state index in [4.69, 9.17) is 0 Å². The molecule has 0 aromatic heterocycles. The standard InChI is InChI=1S/C25H27N3/c1-28(21-15-20-10-3-6-12-23(20)26-16-21)17-25-22-11-5-2-8-18(22)14-19-9-4-7-13-24(19)27-25/h2-13,21,25-27H,14-17H2,1H3. The van der Waals surface area contributed by atoms with Crippen molar-refractivity contribution in [1.29, 1.82) is 0 Å². The van der Waals surface area contributed by atoms with Gasteiger partial charge in [0.2, 0.25) is 0 Å². The number of fused-ring (bicyclic) bond motifs is 3. The molecule has 3 aromatic carbocycles. The maximum Gasteiger partial charge on any atom is 0.0643 e. The minimum Gasteiger partial charge on any atom is -0.383 e. The van der Waals surface area contributed by atoms with Crippen molar-refractivity contribution in [3.05, 3.63) is 95.1 Å². The Hall–Kier alpha value is -2.78. The predicted octanol–water partition coefficient (Wildman–Crippen LogP) is 4.71. The van der Waals surface area contributed by atoms with Gasteiger partial charge >= 0.3 is 0 Å². The fourth-order valence-electron chi connectivity index (χ4n) is 4.64. The Bertz CT molecular complexity index is 981. The zero-order valence-electron chi connectivity index (χ0n) is 16.4. The van der Waals surface area contributed by atoms with E-state index in [1.54, 1.807) is 0 Å². The lowest BCUT2D eigenvalue weighted by atomic mass is 9.95. The average Bonchev–Trinajstić information content (AvgIpc) is 2.90. The van der Waals surface area contributed by atoms with Gasteiger partial charge in [-0.25, -0.2) is 0 Å². The number of likely N-dealkylation sites (N-methyl/N-ethyl adjacent to an activating group) is 1. The molecule has 0 saturated carbocycles. The summed E-state index contributed by atoms with van der Waals surface area (Å²) in [4.78, 5) is 2.52. The lowest BCUT2D eigenvalue weighted by Crippen LogP contribution is -2.44. The van der Waals surface area contributed by atoms with E-state index in [1.165, 1.54) is 33.6 Å². The van der Waals surface area contributed by atoms with Crippen molar-refractivity contribution in [3.8, 4) is 0 Å². The van der Waals surface area contributed by atoms with Gasteiger partial charge in [-0.2, -0.15) is 0 Å².